The maximum Gasteiger partial charge on any atom is 0.255 e. The molecule has 0 aliphatic heterocycles. The fourth-order valence-corrected chi connectivity index (χ4v) is 2.79. The smallest absolute Gasteiger partial charge is 0.255 e. The second-order valence-electron chi connectivity index (χ2n) is 5.73. The number of rotatable bonds is 7. The molecule has 0 fully saturated rings. The van der Waals surface area contributed by atoms with Gasteiger partial charge in [-0.3, -0.25) is 4.79 Å². The van der Waals surface area contributed by atoms with Crippen molar-refractivity contribution >= 4 is 35.6 Å². The van der Waals surface area contributed by atoms with Crippen LogP contribution in [0.2, 0.25) is 5.02 Å². The molecule has 154 valence electrons. The summed E-state index contributed by atoms with van der Waals surface area (Å²) in [4.78, 5) is 12.7. The Labute approximate surface area is 175 Å². The molecule has 0 aromatic heterocycles. The lowest BCUT2D eigenvalue weighted by Gasteiger charge is -2.19. The maximum absolute atomic E-state index is 12.7. The molecule has 1 amide bonds. The van der Waals surface area contributed by atoms with Crippen LogP contribution in [0.25, 0.3) is 0 Å². The molecule has 2 rings (SSSR count). The lowest BCUT2D eigenvalue weighted by atomic mass is 10.1. The molecule has 7 nitrogen and oxygen atoms in total. The van der Waals surface area contributed by atoms with Gasteiger partial charge in [0, 0.05) is 6.07 Å². The zero-order valence-corrected chi connectivity index (χ0v) is 17.9. The molecule has 0 saturated heterocycles. The minimum atomic E-state index is -0.354. The van der Waals surface area contributed by atoms with E-state index in [1.807, 2.05) is 6.92 Å². The molecule has 0 aliphatic carbocycles. The second-order valence-corrected chi connectivity index (χ2v) is 6.14. The van der Waals surface area contributed by atoms with Gasteiger partial charge in [-0.25, -0.2) is 0 Å². The summed E-state index contributed by atoms with van der Waals surface area (Å²) in [5.74, 6) is 1.47. The van der Waals surface area contributed by atoms with Crippen LogP contribution in [0.3, 0.4) is 0 Å². The van der Waals surface area contributed by atoms with Crippen LogP contribution in [0, 0.1) is 0 Å². The van der Waals surface area contributed by atoms with E-state index >= 15 is 0 Å². The quantitative estimate of drug-likeness (QED) is 0.647. The number of anilines is 1. The van der Waals surface area contributed by atoms with Gasteiger partial charge in [0.1, 0.15) is 5.75 Å². The molecule has 3 N–H and O–H groups in total. The molecule has 0 radical (unpaired) electrons. The Bertz CT molecular complexity index is 820. The van der Waals surface area contributed by atoms with Crippen molar-refractivity contribution in [3.63, 3.8) is 0 Å². The first kappa shape index (κ1) is 23.5. The van der Waals surface area contributed by atoms with E-state index in [4.69, 9.17) is 36.3 Å². The summed E-state index contributed by atoms with van der Waals surface area (Å²) in [6.45, 7) is 1.84. The zero-order valence-electron chi connectivity index (χ0n) is 16.3. The number of hydrogen-bond donors (Lipinski definition) is 2. The summed E-state index contributed by atoms with van der Waals surface area (Å²) >= 11 is 6.05. The molecule has 2 aromatic rings. The van der Waals surface area contributed by atoms with E-state index in [0.29, 0.717) is 28.7 Å². The summed E-state index contributed by atoms with van der Waals surface area (Å²) in [6.07, 6.45) is 0. The van der Waals surface area contributed by atoms with Crippen molar-refractivity contribution in [2.75, 3.05) is 34.2 Å². The molecular weight excluding hydrogens is 407 g/mol. The third-order valence-corrected chi connectivity index (χ3v) is 4.43. The fourth-order valence-electron chi connectivity index (χ4n) is 2.62. The third kappa shape index (κ3) is 4.85. The van der Waals surface area contributed by atoms with E-state index in [1.54, 1.807) is 12.1 Å². The summed E-state index contributed by atoms with van der Waals surface area (Å²) in [5.41, 5.74) is 7.17. The molecule has 0 heterocycles. The van der Waals surface area contributed by atoms with E-state index in [1.165, 1.54) is 40.6 Å². The summed E-state index contributed by atoms with van der Waals surface area (Å²) in [5, 5.41) is 3.18. The SMILES string of the molecule is COc1cc(N)c(Cl)cc1C(=O)NC(C)c1cc(OC)c(OC)c(OC)c1.Cl. The Morgan fingerprint density at radius 1 is 0.964 bits per heavy atom. The lowest BCUT2D eigenvalue weighted by molar-refractivity contribution is 0.0936. The molecule has 1 unspecified atom stereocenters. The third-order valence-electron chi connectivity index (χ3n) is 4.10. The Morgan fingerprint density at radius 2 is 1.50 bits per heavy atom. The number of methoxy groups -OCH3 is 4. The van der Waals surface area contributed by atoms with Gasteiger partial charge in [-0.05, 0) is 30.7 Å². The molecule has 2 aromatic carbocycles. The van der Waals surface area contributed by atoms with Crippen LogP contribution in [-0.2, 0) is 0 Å². The molecule has 0 spiro atoms. The molecule has 0 aliphatic rings. The van der Waals surface area contributed by atoms with E-state index in [0.717, 1.165) is 5.56 Å². The van der Waals surface area contributed by atoms with Gasteiger partial charge in [0.2, 0.25) is 5.75 Å². The average molecular weight is 431 g/mol. The van der Waals surface area contributed by atoms with Crippen molar-refractivity contribution in [3.05, 3.63) is 40.4 Å². The molecule has 1 atom stereocenters. The van der Waals surface area contributed by atoms with Gasteiger partial charge in [0.15, 0.2) is 11.5 Å². The van der Waals surface area contributed by atoms with Gasteiger partial charge in [-0.15, -0.1) is 12.4 Å². The highest BCUT2D eigenvalue weighted by atomic mass is 35.5. The van der Waals surface area contributed by atoms with Crippen LogP contribution in [-0.4, -0.2) is 34.3 Å². The van der Waals surface area contributed by atoms with Crippen LogP contribution in [0.5, 0.6) is 23.0 Å². The minimum Gasteiger partial charge on any atom is -0.496 e. The monoisotopic (exact) mass is 430 g/mol. The average Bonchev–Trinajstić information content (AvgIpc) is 2.67. The number of ether oxygens (including phenoxy) is 4. The van der Waals surface area contributed by atoms with Crippen molar-refractivity contribution < 1.29 is 23.7 Å². The van der Waals surface area contributed by atoms with Gasteiger partial charge >= 0.3 is 0 Å². The largest absolute Gasteiger partial charge is 0.496 e. The molecular formula is C19H24Cl2N2O5. The van der Waals surface area contributed by atoms with Gasteiger partial charge in [-0.2, -0.15) is 0 Å². The topological polar surface area (TPSA) is 92.0 Å². The predicted molar refractivity (Wildman–Crippen MR) is 112 cm³/mol. The van der Waals surface area contributed by atoms with Crippen molar-refractivity contribution in [1.29, 1.82) is 0 Å². The van der Waals surface area contributed by atoms with Gasteiger partial charge < -0.3 is 30.0 Å². The van der Waals surface area contributed by atoms with Crippen LogP contribution in [0.4, 0.5) is 5.69 Å². The Kier molecular flexibility index (Phi) is 8.53. The van der Waals surface area contributed by atoms with Crippen LogP contribution in [0.1, 0.15) is 28.9 Å². The second kappa shape index (κ2) is 10.1. The standard InChI is InChI=1S/C19H23ClN2O5.ClH/c1-10(11-6-16(25-3)18(27-5)17(7-11)26-4)22-19(23)12-8-13(20)14(21)9-15(12)24-2;/h6-10H,21H2,1-5H3,(H,22,23);1H. The van der Waals surface area contributed by atoms with Crippen molar-refractivity contribution in [2.45, 2.75) is 13.0 Å². The molecule has 0 bridgehead atoms. The fraction of sp³-hybridized carbons (Fsp3) is 0.316. The van der Waals surface area contributed by atoms with Crippen LogP contribution >= 0.6 is 24.0 Å². The Morgan fingerprint density at radius 3 is 1.96 bits per heavy atom. The highest BCUT2D eigenvalue weighted by Crippen LogP contribution is 2.39. The summed E-state index contributed by atoms with van der Waals surface area (Å²) in [7, 11) is 6.06. The molecule has 9 heteroatoms. The van der Waals surface area contributed by atoms with Crippen molar-refractivity contribution in [3.8, 4) is 23.0 Å². The first-order valence-corrected chi connectivity index (χ1v) is 8.47. The number of carbonyl (C=O) groups is 1. The number of nitrogen functional groups attached to an aromatic ring is 1. The number of nitrogens with one attached hydrogen (secondary N) is 1. The van der Waals surface area contributed by atoms with E-state index in [9.17, 15) is 4.79 Å². The highest BCUT2D eigenvalue weighted by molar-refractivity contribution is 6.33. The summed E-state index contributed by atoms with van der Waals surface area (Å²) in [6, 6.07) is 6.19. The molecule has 28 heavy (non-hydrogen) atoms. The van der Waals surface area contributed by atoms with Crippen LogP contribution < -0.4 is 30.0 Å². The number of halogens is 2. The van der Waals surface area contributed by atoms with Gasteiger partial charge in [0.25, 0.3) is 5.91 Å². The van der Waals surface area contributed by atoms with Crippen molar-refractivity contribution in [1.82, 2.24) is 5.32 Å². The van der Waals surface area contributed by atoms with E-state index < -0.39 is 0 Å². The first-order valence-electron chi connectivity index (χ1n) is 8.10. The Balaban J connectivity index is 0.00000392. The van der Waals surface area contributed by atoms with E-state index in [-0.39, 0.29) is 34.9 Å². The number of benzene rings is 2. The number of amides is 1. The predicted octanol–water partition coefficient (Wildman–Crippen LogP) is 3.87. The summed E-state index contributed by atoms with van der Waals surface area (Å²) < 4.78 is 21.3. The normalized spacial score (nSPS) is 11.1. The number of carbonyl (C=O) groups excluding carboxylic acids is 1. The van der Waals surface area contributed by atoms with Crippen LogP contribution in [0.15, 0.2) is 24.3 Å². The maximum atomic E-state index is 12.7. The first-order chi connectivity index (χ1) is 12.9. The minimum absolute atomic E-state index is 0. The van der Waals surface area contributed by atoms with Gasteiger partial charge in [0.05, 0.1) is 50.8 Å². The highest BCUT2D eigenvalue weighted by Gasteiger charge is 2.20. The van der Waals surface area contributed by atoms with Crippen molar-refractivity contribution in [2.24, 2.45) is 0 Å². The zero-order chi connectivity index (χ0) is 20.1. The van der Waals surface area contributed by atoms with E-state index in [2.05, 4.69) is 5.32 Å². The Hall–Kier alpha value is -2.51. The number of hydrogen-bond acceptors (Lipinski definition) is 6. The van der Waals surface area contributed by atoms with Gasteiger partial charge in [-0.1, -0.05) is 11.6 Å². The number of nitrogens with two attached hydrogens (primary N) is 1. The molecule has 0 saturated carbocycles. The lowest BCUT2D eigenvalue weighted by Crippen LogP contribution is -2.27.